The SMILES string of the molecule is CCN(CC)c1ncc(CNCC(O)c2ccc(F)cc2)s1. The van der Waals surface area contributed by atoms with Gasteiger partial charge in [-0.25, -0.2) is 9.37 Å². The number of hydrogen-bond acceptors (Lipinski definition) is 5. The molecule has 1 aromatic heterocycles. The number of nitrogens with one attached hydrogen (secondary N) is 1. The second-order valence-corrected chi connectivity index (χ2v) is 6.07. The molecule has 1 atom stereocenters. The highest BCUT2D eigenvalue weighted by Gasteiger charge is 2.09. The molecule has 0 amide bonds. The first kappa shape index (κ1) is 16.9. The van der Waals surface area contributed by atoms with E-state index in [1.165, 1.54) is 12.1 Å². The summed E-state index contributed by atoms with van der Waals surface area (Å²) in [5, 5.41) is 14.3. The molecule has 120 valence electrons. The molecule has 0 aliphatic rings. The molecular formula is C16H22FN3OS. The Morgan fingerprint density at radius 3 is 2.59 bits per heavy atom. The van der Waals surface area contributed by atoms with Crippen LogP contribution in [-0.4, -0.2) is 29.7 Å². The van der Waals surface area contributed by atoms with Crippen molar-refractivity contribution in [3.63, 3.8) is 0 Å². The molecule has 0 aliphatic heterocycles. The van der Waals surface area contributed by atoms with Gasteiger partial charge in [-0.3, -0.25) is 0 Å². The highest BCUT2D eigenvalue weighted by Crippen LogP contribution is 2.22. The maximum absolute atomic E-state index is 12.8. The molecule has 4 nitrogen and oxygen atoms in total. The largest absolute Gasteiger partial charge is 0.387 e. The number of anilines is 1. The van der Waals surface area contributed by atoms with E-state index in [9.17, 15) is 9.50 Å². The van der Waals surface area contributed by atoms with Crippen molar-refractivity contribution in [1.82, 2.24) is 10.3 Å². The van der Waals surface area contributed by atoms with Gasteiger partial charge in [0.1, 0.15) is 5.82 Å². The number of aliphatic hydroxyl groups is 1. The van der Waals surface area contributed by atoms with E-state index in [1.54, 1.807) is 23.5 Å². The Bertz CT molecular complexity index is 569. The summed E-state index contributed by atoms with van der Waals surface area (Å²) < 4.78 is 12.8. The van der Waals surface area contributed by atoms with Crippen molar-refractivity contribution >= 4 is 16.5 Å². The molecular weight excluding hydrogens is 301 g/mol. The minimum absolute atomic E-state index is 0.294. The van der Waals surface area contributed by atoms with E-state index >= 15 is 0 Å². The summed E-state index contributed by atoms with van der Waals surface area (Å²) in [6, 6.07) is 5.93. The molecule has 0 saturated heterocycles. The minimum atomic E-state index is -0.643. The molecule has 0 aliphatic carbocycles. The van der Waals surface area contributed by atoms with Crippen LogP contribution < -0.4 is 10.2 Å². The molecule has 1 unspecified atom stereocenters. The molecule has 0 bridgehead atoms. The molecule has 2 N–H and O–H groups in total. The van der Waals surface area contributed by atoms with Gasteiger partial charge in [-0.1, -0.05) is 12.1 Å². The van der Waals surface area contributed by atoms with Crippen molar-refractivity contribution in [3.05, 3.63) is 46.7 Å². The molecule has 0 saturated carbocycles. The lowest BCUT2D eigenvalue weighted by atomic mass is 10.1. The Labute approximate surface area is 134 Å². The third kappa shape index (κ3) is 4.50. The van der Waals surface area contributed by atoms with E-state index < -0.39 is 6.10 Å². The van der Waals surface area contributed by atoms with E-state index in [0.717, 1.165) is 23.1 Å². The van der Waals surface area contributed by atoms with Crippen molar-refractivity contribution in [2.24, 2.45) is 0 Å². The molecule has 22 heavy (non-hydrogen) atoms. The van der Waals surface area contributed by atoms with Gasteiger partial charge in [0.15, 0.2) is 5.13 Å². The van der Waals surface area contributed by atoms with Crippen molar-refractivity contribution in [3.8, 4) is 0 Å². The van der Waals surface area contributed by atoms with Crippen LogP contribution in [0.15, 0.2) is 30.5 Å². The fourth-order valence-electron chi connectivity index (χ4n) is 2.15. The van der Waals surface area contributed by atoms with Crippen molar-refractivity contribution in [1.29, 1.82) is 0 Å². The van der Waals surface area contributed by atoms with Gasteiger partial charge >= 0.3 is 0 Å². The Balaban J connectivity index is 1.82. The van der Waals surface area contributed by atoms with E-state index in [0.29, 0.717) is 18.7 Å². The number of rotatable bonds is 8. The maximum atomic E-state index is 12.8. The standard InChI is InChI=1S/C16H22FN3OS/c1-3-20(4-2)16-19-10-14(22-16)9-18-11-15(21)12-5-7-13(17)8-6-12/h5-8,10,15,18,21H,3-4,9,11H2,1-2H3. The summed E-state index contributed by atoms with van der Waals surface area (Å²) in [5.74, 6) is -0.294. The average molecular weight is 323 g/mol. The number of benzene rings is 1. The fourth-order valence-corrected chi connectivity index (χ4v) is 3.16. The van der Waals surface area contributed by atoms with Crippen molar-refractivity contribution < 1.29 is 9.50 Å². The maximum Gasteiger partial charge on any atom is 0.185 e. The van der Waals surface area contributed by atoms with E-state index in [-0.39, 0.29) is 5.82 Å². The lowest BCUT2D eigenvalue weighted by Crippen LogP contribution is -2.21. The molecule has 0 fully saturated rings. The van der Waals surface area contributed by atoms with Crippen LogP contribution in [0.1, 0.15) is 30.4 Å². The topological polar surface area (TPSA) is 48.4 Å². The van der Waals surface area contributed by atoms with Gasteiger partial charge in [-0.2, -0.15) is 0 Å². The van der Waals surface area contributed by atoms with Gasteiger partial charge in [-0.15, -0.1) is 11.3 Å². The predicted molar refractivity (Wildman–Crippen MR) is 88.7 cm³/mol. The van der Waals surface area contributed by atoms with Gasteiger partial charge in [0, 0.05) is 37.3 Å². The van der Waals surface area contributed by atoms with Crippen LogP contribution in [0.25, 0.3) is 0 Å². The molecule has 2 rings (SSSR count). The first-order valence-electron chi connectivity index (χ1n) is 7.48. The number of aromatic nitrogens is 1. The molecule has 1 heterocycles. The van der Waals surface area contributed by atoms with Gasteiger partial charge in [0.05, 0.1) is 6.10 Å². The molecule has 0 spiro atoms. The van der Waals surface area contributed by atoms with E-state index in [2.05, 4.69) is 29.0 Å². The summed E-state index contributed by atoms with van der Waals surface area (Å²) in [4.78, 5) is 7.77. The second kappa shape index (κ2) is 8.22. The van der Waals surface area contributed by atoms with Gasteiger partial charge < -0.3 is 15.3 Å². The Kier molecular flexibility index (Phi) is 6.30. The van der Waals surface area contributed by atoms with Crippen LogP contribution >= 0.6 is 11.3 Å². The number of hydrogen-bond donors (Lipinski definition) is 2. The van der Waals surface area contributed by atoms with E-state index in [4.69, 9.17) is 0 Å². The summed E-state index contributed by atoms with van der Waals surface area (Å²) >= 11 is 1.66. The van der Waals surface area contributed by atoms with Crippen molar-refractivity contribution in [2.75, 3.05) is 24.5 Å². The summed E-state index contributed by atoms with van der Waals surface area (Å²) in [5.41, 5.74) is 0.710. The van der Waals surface area contributed by atoms with Crippen LogP contribution in [0.4, 0.5) is 9.52 Å². The van der Waals surface area contributed by atoms with Crippen LogP contribution in [0.3, 0.4) is 0 Å². The fraction of sp³-hybridized carbons (Fsp3) is 0.438. The monoisotopic (exact) mass is 323 g/mol. The van der Waals surface area contributed by atoms with Crippen LogP contribution in [-0.2, 0) is 6.54 Å². The van der Waals surface area contributed by atoms with Crippen molar-refractivity contribution in [2.45, 2.75) is 26.5 Å². The van der Waals surface area contributed by atoms with E-state index in [1.807, 2.05) is 6.20 Å². The number of nitrogens with zero attached hydrogens (tertiary/aromatic N) is 2. The van der Waals surface area contributed by atoms with Crippen LogP contribution in [0.2, 0.25) is 0 Å². The quantitative estimate of drug-likeness (QED) is 0.784. The zero-order chi connectivity index (χ0) is 15.9. The number of halogens is 1. The number of thiazole rings is 1. The molecule has 2 aromatic rings. The average Bonchev–Trinajstić information content (AvgIpc) is 2.98. The number of aliphatic hydroxyl groups excluding tert-OH is 1. The molecule has 6 heteroatoms. The summed E-state index contributed by atoms with van der Waals surface area (Å²) in [7, 11) is 0. The van der Waals surface area contributed by atoms with Gasteiger partial charge in [-0.05, 0) is 31.5 Å². The summed E-state index contributed by atoms with van der Waals surface area (Å²) in [6.45, 7) is 7.20. The second-order valence-electron chi connectivity index (χ2n) is 4.98. The highest BCUT2D eigenvalue weighted by atomic mass is 32.1. The molecule has 0 radical (unpaired) electrons. The first-order chi connectivity index (χ1) is 10.6. The Hall–Kier alpha value is -1.50. The summed E-state index contributed by atoms with van der Waals surface area (Å²) in [6.07, 6.45) is 1.23. The third-order valence-corrected chi connectivity index (χ3v) is 4.53. The van der Waals surface area contributed by atoms with Gasteiger partial charge in [0.2, 0.25) is 0 Å². The third-order valence-electron chi connectivity index (χ3n) is 3.47. The Morgan fingerprint density at radius 1 is 1.27 bits per heavy atom. The minimum Gasteiger partial charge on any atom is -0.387 e. The smallest absolute Gasteiger partial charge is 0.185 e. The highest BCUT2D eigenvalue weighted by molar-refractivity contribution is 7.15. The van der Waals surface area contributed by atoms with Gasteiger partial charge in [0.25, 0.3) is 0 Å². The van der Waals surface area contributed by atoms with Crippen LogP contribution in [0.5, 0.6) is 0 Å². The predicted octanol–water partition coefficient (Wildman–Crippen LogP) is 2.95. The zero-order valence-corrected chi connectivity index (χ0v) is 13.7. The zero-order valence-electron chi connectivity index (χ0n) is 12.9. The molecule has 1 aromatic carbocycles. The lowest BCUT2D eigenvalue weighted by Gasteiger charge is -2.16. The van der Waals surface area contributed by atoms with Crippen LogP contribution in [0, 0.1) is 5.82 Å². The Morgan fingerprint density at radius 2 is 1.95 bits per heavy atom. The normalized spacial score (nSPS) is 12.4. The first-order valence-corrected chi connectivity index (χ1v) is 8.29. The lowest BCUT2D eigenvalue weighted by molar-refractivity contribution is 0.174.